The summed E-state index contributed by atoms with van der Waals surface area (Å²) in [6.45, 7) is 3.05. The Balaban J connectivity index is 2.27. The minimum Gasteiger partial charge on any atom is -0.365 e. The van der Waals surface area contributed by atoms with Crippen LogP contribution in [0.4, 0.5) is 5.69 Å². The molecule has 0 bridgehead atoms. The van der Waals surface area contributed by atoms with Gasteiger partial charge in [-0.25, -0.2) is 0 Å². The molecule has 1 heterocycles. The first kappa shape index (κ1) is 12.5. The highest BCUT2D eigenvalue weighted by atomic mass is 79.9. The summed E-state index contributed by atoms with van der Waals surface area (Å²) in [7, 11) is 0. The van der Waals surface area contributed by atoms with Gasteiger partial charge >= 0.3 is 0 Å². The Morgan fingerprint density at radius 3 is 3.00 bits per heavy atom. The molecular weight excluding hydrogens is 284 g/mol. The van der Waals surface area contributed by atoms with Crippen molar-refractivity contribution in [1.82, 2.24) is 0 Å². The normalized spacial score (nSPS) is 20.8. The Labute approximate surface area is 109 Å². The molecule has 1 amide bonds. The Kier molecular flexibility index (Phi) is 3.81. The zero-order valence-corrected chi connectivity index (χ0v) is 11.2. The van der Waals surface area contributed by atoms with Gasteiger partial charge < -0.3 is 15.4 Å². The Hall–Kier alpha value is -0.910. The van der Waals surface area contributed by atoms with E-state index in [2.05, 4.69) is 15.9 Å². The van der Waals surface area contributed by atoms with Crippen molar-refractivity contribution in [1.29, 1.82) is 0 Å². The topological polar surface area (TPSA) is 55.6 Å². The molecule has 1 aliphatic rings. The lowest BCUT2D eigenvalue weighted by molar-refractivity contribution is -0.128. The minimum absolute atomic E-state index is 0.0285. The van der Waals surface area contributed by atoms with Crippen LogP contribution in [0.2, 0.25) is 0 Å². The molecule has 0 aromatic heterocycles. The zero-order valence-electron chi connectivity index (χ0n) is 9.65. The molecule has 17 heavy (non-hydrogen) atoms. The Morgan fingerprint density at radius 2 is 2.35 bits per heavy atom. The van der Waals surface area contributed by atoms with E-state index in [-0.39, 0.29) is 18.6 Å². The van der Waals surface area contributed by atoms with Gasteiger partial charge in [0.05, 0.1) is 18.3 Å². The summed E-state index contributed by atoms with van der Waals surface area (Å²) in [5.41, 5.74) is 7.60. The molecule has 5 heteroatoms. The molecule has 0 spiro atoms. The van der Waals surface area contributed by atoms with Gasteiger partial charge in [-0.2, -0.15) is 0 Å². The van der Waals surface area contributed by atoms with E-state index in [4.69, 9.17) is 10.5 Å². The number of carbonyl (C=O) groups is 1. The number of benzene rings is 1. The predicted octanol–water partition coefficient (Wildman–Crippen LogP) is 1.45. The van der Waals surface area contributed by atoms with Crippen LogP contribution in [0.5, 0.6) is 0 Å². The van der Waals surface area contributed by atoms with E-state index >= 15 is 0 Å². The number of halogens is 1. The first-order chi connectivity index (χ1) is 8.11. The molecule has 1 unspecified atom stereocenters. The van der Waals surface area contributed by atoms with Gasteiger partial charge in [0.25, 0.3) is 5.91 Å². The van der Waals surface area contributed by atoms with Crippen LogP contribution in [0.3, 0.4) is 0 Å². The highest BCUT2D eigenvalue weighted by Gasteiger charge is 2.27. The molecule has 1 aromatic carbocycles. The van der Waals surface area contributed by atoms with Crippen molar-refractivity contribution in [3.05, 3.63) is 28.2 Å². The fourth-order valence-corrected chi connectivity index (χ4v) is 2.54. The maximum Gasteiger partial charge on any atom is 0.253 e. The van der Waals surface area contributed by atoms with Crippen molar-refractivity contribution in [2.24, 2.45) is 5.73 Å². The highest BCUT2D eigenvalue weighted by Crippen LogP contribution is 2.28. The number of carbonyl (C=O) groups excluding carboxylic acids is 1. The van der Waals surface area contributed by atoms with E-state index in [0.29, 0.717) is 13.1 Å². The van der Waals surface area contributed by atoms with E-state index in [0.717, 1.165) is 15.7 Å². The van der Waals surface area contributed by atoms with E-state index in [1.807, 2.05) is 25.1 Å². The average Bonchev–Trinajstić information content (AvgIpc) is 2.30. The van der Waals surface area contributed by atoms with Crippen molar-refractivity contribution in [3.63, 3.8) is 0 Å². The van der Waals surface area contributed by atoms with Gasteiger partial charge in [-0.1, -0.05) is 6.07 Å². The third-order valence-electron chi connectivity index (χ3n) is 2.79. The van der Waals surface area contributed by atoms with Crippen LogP contribution in [0.1, 0.15) is 5.56 Å². The quantitative estimate of drug-likeness (QED) is 0.899. The monoisotopic (exact) mass is 298 g/mol. The fraction of sp³-hybridized carbons (Fsp3) is 0.417. The van der Waals surface area contributed by atoms with Crippen LogP contribution in [0.15, 0.2) is 22.7 Å². The highest BCUT2D eigenvalue weighted by molar-refractivity contribution is 9.10. The van der Waals surface area contributed by atoms with E-state index in [9.17, 15) is 4.79 Å². The Bertz CT molecular complexity index is 437. The van der Waals surface area contributed by atoms with Gasteiger partial charge in [0.1, 0.15) is 6.61 Å². The maximum atomic E-state index is 11.8. The second-order valence-electron chi connectivity index (χ2n) is 4.13. The number of hydrogen-bond acceptors (Lipinski definition) is 3. The van der Waals surface area contributed by atoms with Gasteiger partial charge in [0.15, 0.2) is 0 Å². The molecule has 0 aliphatic carbocycles. The number of aryl methyl sites for hydroxylation is 1. The number of hydrogen-bond donors (Lipinski definition) is 1. The second kappa shape index (κ2) is 5.16. The number of morpholine rings is 1. The van der Waals surface area contributed by atoms with Crippen LogP contribution in [0.25, 0.3) is 0 Å². The van der Waals surface area contributed by atoms with Crippen molar-refractivity contribution in [3.8, 4) is 0 Å². The molecule has 4 nitrogen and oxygen atoms in total. The Morgan fingerprint density at radius 1 is 1.59 bits per heavy atom. The third kappa shape index (κ3) is 2.68. The van der Waals surface area contributed by atoms with E-state index in [1.54, 1.807) is 4.90 Å². The van der Waals surface area contributed by atoms with Gasteiger partial charge in [-0.15, -0.1) is 0 Å². The molecule has 1 atom stereocenters. The SMILES string of the molecule is Cc1ccc(N2CC(CN)OCC2=O)c(Br)c1. The largest absolute Gasteiger partial charge is 0.365 e. The number of nitrogens with two attached hydrogens (primary N) is 1. The van der Waals surface area contributed by atoms with Gasteiger partial charge in [-0.3, -0.25) is 4.79 Å². The summed E-state index contributed by atoms with van der Waals surface area (Å²) in [4.78, 5) is 13.6. The molecule has 1 aromatic rings. The summed E-state index contributed by atoms with van der Waals surface area (Å²) in [6.07, 6.45) is -0.0825. The summed E-state index contributed by atoms with van der Waals surface area (Å²) >= 11 is 3.49. The predicted molar refractivity (Wildman–Crippen MR) is 70.0 cm³/mol. The molecule has 1 aliphatic heterocycles. The lowest BCUT2D eigenvalue weighted by Gasteiger charge is -2.32. The molecule has 0 radical (unpaired) electrons. The smallest absolute Gasteiger partial charge is 0.253 e. The van der Waals surface area contributed by atoms with Gasteiger partial charge in [0, 0.05) is 11.0 Å². The van der Waals surface area contributed by atoms with Crippen LogP contribution in [-0.2, 0) is 9.53 Å². The van der Waals surface area contributed by atoms with E-state index < -0.39 is 0 Å². The minimum atomic E-state index is -0.0825. The maximum absolute atomic E-state index is 11.8. The first-order valence-electron chi connectivity index (χ1n) is 5.50. The van der Waals surface area contributed by atoms with Crippen LogP contribution >= 0.6 is 15.9 Å². The molecule has 0 saturated carbocycles. The average molecular weight is 299 g/mol. The number of anilines is 1. The number of rotatable bonds is 2. The van der Waals surface area contributed by atoms with E-state index in [1.165, 1.54) is 0 Å². The number of nitrogens with zero attached hydrogens (tertiary/aromatic N) is 1. The van der Waals surface area contributed by atoms with Crippen LogP contribution < -0.4 is 10.6 Å². The zero-order chi connectivity index (χ0) is 12.4. The standard InChI is InChI=1S/C12H15BrN2O2/c1-8-2-3-11(10(13)4-8)15-6-9(5-14)17-7-12(15)16/h2-4,9H,5-7,14H2,1H3. The molecule has 1 saturated heterocycles. The molecule has 1 fully saturated rings. The number of ether oxygens (including phenoxy) is 1. The summed E-state index contributed by atoms with van der Waals surface area (Å²) in [5, 5.41) is 0. The van der Waals surface area contributed by atoms with Crippen LogP contribution in [0, 0.1) is 6.92 Å². The van der Waals surface area contributed by atoms with Gasteiger partial charge in [-0.05, 0) is 40.5 Å². The lowest BCUT2D eigenvalue weighted by atomic mass is 10.2. The molecule has 92 valence electrons. The first-order valence-corrected chi connectivity index (χ1v) is 6.29. The number of amides is 1. The van der Waals surface area contributed by atoms with Crippen molar-refractivity contribution < 1.29 is 9.53 Å². The van der Waals surface area contributed by atoms with Crippen molar-refractivity contribution >= 4 is 27.5 Å². The summed E-state index contributed by atoms with van der Waals surface area (Å²) in [6, 6.07) is 5.92. The molecular formula is C12H15BrN2O2. The van der Waals surface area contributed by atoms with Gasteiger partial charge in [0.2, 0.25) is 0 Å². The molecule has 2 N–H and O–H groups in total. The summed E-state index contributed by atoms with van der Waals surface area (Å²) in [5.74, 6) is -0.0285. The lowest BCUT2D eigenvalue weighted by Crippen LogP contribution is -2.49. The summed E-state index contributed by atoms with van der Waals surface area (Å²) < 4.78 is 6.24. The third-order valence-corrected chi connectivity index (χ3v) is 3.42. The second-order valence-corrected chi connectivity index (χ2v) is 4.98. The van der Waals surface area contributed by atoms with Crippen molar-refractivity contribution in [2.45, 2.75) is 13.0 Å². The fourth-order valence-electron chi connectivity index (χ4n) is 1.83. The van der Waals surface area contributed by atoms with Crippen LogP contribution in [-0.4, -0.2) is 31.7 Å². The van der Waals surface area contributed by atoms with Crippen molar-refractivity contribution in [2.75, 3.05) is 24.6 Å². The molecule has 2 rings (SSSR count).